The summed E-state index contributed by atoms with van der Waals surface area (Å²) in [4.78, 5) is 5.92. The highest BCUT2D eigenvalue weighted by molar-refractivity contribution is 7.98. The van der Waals surface area contributed by atoms with E-state index in [0.717, 1.165) is 22.8 Å². The lowest BCUT2D eigenvalue weighted by molar-refractivity contribution is 0.775. The lowest BCUT2D eigenvalue weighted by atomic mass is 10.2. The van der Waals surface area contributed by atoms with E-state index >= 15 is 0 Å². The van der Waals surface area contributed by atoms with Crippen molar-refractivity contribution < 1.29 is 0 Å². The molecule has 2 aromatic carbocycles. The maximum atomic E-state index is 4.84. The molecular formula is C17H18N2S2. The van der Waals surface area contributed by atoms with Gasteiger partial charge in [0.25, 0.3) is 0 Å². The van der Waals surface area contributed by atoms with Crippen LogP contribution in [0.1, 0.15) is 5.56 Å². The molecule has 0 aliphatic heterocycles. The van der Waals surface area contributed by atoms with Crippen LogP contribution in [0.3, 0.4) is 0 Å². The monoisotopic (exact) mass is 314 g/mol. The van der Waals surface area contributed by atoms with Gasteiger partial charge >= 0.3 is 0 Å². The summed E-state index contributed by atoms with van der Waals surface area (Å²) < 4.78 is 3.63. The van der Waals surface area contributed by atoms with Crippen molar-refractivity contribution in [1.29, 1.82) is 0 Å². The largest absolute Gasteiger partial charge is 0.316 e. The summed E-state index contributed by atoms with van der Waals surface area (Å²) >= 11 is 3.63. The molecule has 3 rings (SSSR count). The molecule has 1 aromatic heterocycles. The van der Waals surface area contributed by atoms with Crippen LogP contribution in [0, 0.1) is 6.92 Å². The number of thiazole rings is 1. The fourth-order valence-electron chi connectivity index (χ4n) is 2.23. The predicted octanol–water partition coefficient (Wildman–Crippen LogP) is 4.61. The molecule has 0 radical (unpaired) electrons. The van der Waals surface area contributed by atoms with E-state index < -0.39 is 0 Å². The summed E-state index contributed by atoms with van der Waals surface area (Å²) in [6.07, 6.45) is 2.14. The Labute approximate surface area is 133 Å². The van der Waals surface area contributed by atoms with Gasteiger partial charge in [0.2, 0.25) is 0 Å². The van der Waals surface area contributed by atoms with E-state index in [1.807, 2.05) is 11.8 Å². The van der Waals surface area contributed by atoms with Gasteiger partial charge in [0.1, 0.15) is 0 Å². The zero-order valence-corrected chi connectivity index (χ0v) is 13.9. The Kier molecular flexibility index (Phi) is 4.46. The third-order valence-electron chi connectivity index (χ3n) is 3.37. The molecule has 0 fully saturated rings. The number of hydrogen-bond acceptors (Lipinski definition) is 3. The van der Waals surface area contributed by atoms with E-state index in [0.29, 0.717) is 0 Å². The summed E-state index contributed by atoms with van der Waals surface area (Å²) in [5, 5.41) is 0. The zero-order chi connectivity index (χ0) is 14.7. The SMILES string of the molecule is CSCCn1c(=Nc2ccc(C)cc2)sc2ccccc21. The summed E-state index contributed by atoms with van der Waals surface area (Å²) in [7, 11) is 0. The fraction of sp³-hybridized carbons (Fsp3) is 0.235. The predicted molar refractivity (Wildman–Crippen MR) is 94.6 cm³/mol. The standard InChI is InChI=1S/C17H18N2S2/c1-13-7-9-14(10-8-13)18-17-19(11-12-20-2)15-5-3-4-6-16(15)21-17/h3-10H,11-12H2,1-2H3. The molecule has 108 valence electrons. The van der Waals surface area contributed by atoms with Gasteiger partial charge in [-0.1, -0.05) is 41.2 Å². The van der Waals surface area contributed by atoms with Gasteiger partial charge in [-0.2, -0.15) is 11.8 Å². The van der Waals surface area contributed by atoms with Crippen LogP contribution in [-0.2, 0) is 6.54 Å². The summed E-state index contributed by atoms with van der Waals surface area (Å²) in [6, 6.07) is 16.9. The van der Waals surface area contributed by atoms with E-state index in [1.54, 1.807) is 11.3 Å². The van der Waals surface area contributed by atoms with Crippen LogP contribution in [0.4, 0.5) is 5.69 Å². The van der Waals surface area contributed by atoms with Crippen molar-refractivity contribution in [1.82, 2.24) is 4.57 Å². The number of rotatable bonds is 4. The van der Waals surface area contributed by atoms with Crippen molar-refractivity contribution in [2.24, 2.45) is 4.99 Å². The average molecular weight is 314 g/mol. The minimum absolute atomic E-state index is 0.996. The molecule has 0 aliphatic carbocycles. The van der Waals surface area contributed by atoms with Crippen molar-refractivity contribution in [2.45, 2.75) is 13.5 Å². The van der Waals surface area contributed by atoms with Crippen LogP contribution in [0.2, 0.25) is 0 Å². The van der Waals surface area contributed by atoms with Gasteiger partial charge in [0.15, 0.2) is 4.80 Å². The average Bonchev–Trinajstić information content (AvgIpc) is 2.85. The van der Waals surface area contributed by atoms with Gasteiger partial charge in [0, 0.05) is 12.3 Å². The van der Waals surface area contributed by atoms with E-state index in [2.05, 4.69) is 66.3 Å². The number of hydrogen-bond donors (Lipinski definition) is 0. The number of para-hydroxylation sites is 1. The molecule has 1 heterocycles. The van der Waals surface area contributed by atoms with Crippen molar-refractivity contribution in [3.05, 3.63) is 58.9 Å². The van der Waals surface area contributed by atoms with Crippen LogP contribution in [0.5, 0.6) is 0 Å². The van der Waals surface area contributed by atoms with Crippen molar-refractivity contribution >= 4 is 39.0 Å². The second-order valence-electron chi connectivity index (χ2n) is 4.94. The van der Waals surface area contributed by atoms with Crippen LogP contribution in [0.15, 0.2) is 53.5 Å². The molecule has 2 nitrogen and oxygen atoms in total. The van der Waals surface area contributed by atoms with Gasteiger partial charge in [0.05, 0.1) is 15.9 Å². The minimum atomic E-state index is 0.996. The first kappa shape index (κ1) is 14.4. The molecule has 0 aliphatic rings. The van der Waals surface area contributed by atoms with Crippen molar-refractivity contribution in [3.8, 4) is 0 Å². The van der Waals surface area contributed by atoms with E-state index in [-0.39, 0.29) is 0 Å². The van der Waals surface area contributed by atoms with Crippen LogP contribution >= 0.6 is 23.1 Å². The minimum Gasteiger partial charge on any atom is -0.316 e. The maximum Gasteiger partial charge on any atom is 0.190 e. The van der Waals surface area contributed by atoms with E-state index in [4.69, 9.17) is 4.99 Å². The molecule has 0 unspecified atom stereocenters. The number of aryl methyl sites for hydroxylation is 2. The van der Waals surface area contributed by atoms with Gasteiger partial charge in [-0.15, -0.1) is 0 Å². The molecular weight excluding hydrogens is 296 g/mol. The normalized spacial score (nSPS) is 12.2. The first-order valence-electron chi connectivity index (χ1n) is 6.96. The van der Waals surface area contributed by atoms with Gasteiger partial charge < -0.3 is 4.57 Å². The molecule has 0 saturated carbocycles. The first-order valence-corrected chi connectivity index (χ1v) is 9.17. The maximum absolute atomic E-state index is 4.84. The van der Waals surface area contributed by atoms with E-state index in [1.165, 1.54) is 15.8 Å². The Morgan fingerprint density at radius 1 is 1.10 bits per heavy atom. The number of aromatic nitrogens is 1. The summed E-state index contributed by atoms with van der Waals surface area (Å²) in [6.45, 7) is 3.09. The molecule has 4 heteroatoms. The smallest absolute Gasteiger partial charge is 0.190 e. The number of nitrogens with zero attached hydrogens (tertiary/aromatic N) is 2. The highest BCUT2D eigenvalue weighted by Gasteiger charge is 2.05. The Balaban J connectivity index is 2.13. The van der Waals surface area contributed by atoms with E-state index in [9.17, 15) is 0 Å². The van der Waals surface area contributed by atoms with Gasteiger partial charge in [-0.05, 0) is 37.4 Å². The second-order valence-corrected chi connectivity index (χ2v) is 6.94. The van der Waals surface area contributed by atoms with Gasteiger partial charge in [-0.3, -0.25) is 0 Å². The van der Waals surface area contributed by atoms with Crippen LogP contribution < -0.4 is 4.80 Å². The van der Waals surface area contributed by atoms with Crippen LogP contribution in [0.25, 0.3) is 10.2 Å². The molecule has 0 bridgehead atoms. The molecule has 21 heavy (non-hydrogen) atoms. The molecule has 0 amide bonds. The quantitative estimate of drug-likeness (QED) is 0.687. The van der Waals surface area contributed by atoms with Crippen molar-refractivity contribution in [3.63, 3.8) is 0 Å². The summed E-state index contributed by atoms with van der Waals surface area (Å²) in [5.41, 5.74) is 3.56. The topological polar surface area (TPSA) is 17.3 Å². The number of thioether (sulfide) groups is 1. The number of fused-ring (bicyclic) bond motifs is 1. The molecule has 3 aromatic rings. The Morgan fingerprint density at radius 2 is 1.86 bits per heavy atom. The molecule has 0 spiro atoms. The van der Waals surface area contributed by atoms with Gasteiger partial charge in [-0.25, -0.2) is 4.99 Å². The lowest BCUT2D eigenvalue weighted by Gasteiger charge is -2.03. The Hall–Kier alpha value is -1.52. The third kappa shape index (κ3) is 3.22. The van der Waals surface area contributed by atoms with Crippen molar-refractivity contribution in [2.75, 3.05) is 12.0 Å². The molecule has 0 atom stereocenters. The third-order valence-corrected chi connectivity index (χ3v) is 5.02. The zero-order valence-electron chi connectivity index (χ0n) is 12.2. The lowest BCUT2D eigenvalue weighted by Crippen LogP contribution is -2.15. The highest BCUT2D eigenvalue weighted by atomic mass is 32.2. The fourth-order valence-corrected chi connectivity index (χ4v) is 3.68. The summed E-state index contributed by atoms with van der Waals surface area (Å²) in [5.74, 6) is 1.10. The molecule has 0 N–H and O–H groups in total. The Morgan fingerprint density at radius 3 is 2.62 bits per heavy atom. The molecule has 0 saturated heterocycles. The highest BCUT2D eigenvalue weighted by Crippen LogP contribution is 2.19. The van der Waals surface area contributed by atoms with Crippen LogP contribution in [-0.4, -0.2) is 16.6 Å². The first-order chi connectivity index (χ1) is 10.3. The Bertz CT molecular complexity index is 798. The number of benzene rings is 2. The second kappa shape index (κ2) is 6.50.